The Bertz CT molecular complexity index is 1870. The summed E-state index contributed by atoms with van der Waals surface area (Å²) < 4.78 is 70.5. The van der Waals surface area contributed by atoms with Crippen LogP contribution in [0.1, 0.15) is 42.4 Å². The second-order valence-corrected chi connectivity index (χ2v) is 14.5. The van der Waals surface area contributed by atoms with Gasteiger partial charge in [-0.05, 0) is 66.4 Å². The summed E-state index contributed by atoms with van der Waals surface area (Å²) in [7, 11) is -4.66. The van der Waals surface area contributed by atoms with Crippen LogP contribution in [0.5, 0.6) is 0 Å². The van der Waals surface area contributed by atoms with Gasteiger partial charge in [-0.25, -0.2) is 8.42 Å². The van der Waals surface area contributed by atoms with Crippen LogP contribution in [0.4, 0.5) is 18.9 Å². The van der Waals surface area contributed by atoms with Crippen molar-refractivity contribution in [1.82, 2.24) is 10.2 Å². The van der Waals surface area contributed by atoms with Gasteiger partial charge < -0.3 is 10.2 Å². The molecule has 0 spiro atoms. The summed E-state index contributed by atoms with van der Waals surface area (Å²) in [5.41, 5.74) is -0.387. The van der Waals surface area contributed by atoms with Crippen molar-refractivity contribution in [2.45, 2.75) is 61.8 Å². The van der Waals surface area contributed by atoms with E-state index in [1.807, 2.05) is 18.2 Å². The number of amides is 2. The fourth-order valence-corrected chi connectivity index (χ4v) is 7.80. The smallest absolute Gasteiger partial charge is 0.352 e. The quantitative estimate of drug-likeness (QED) is 0.161. The van der Waals surface area contributed by atoms with E-state index in [1.54, 1.807) is 42.5 Å². The molecule has 0 saturated heterocycles. The molecule has 0 heterocycles. The first kappa shape index (κ1) is 36.2. The molecule has 258 valence electrons. The van der Waals surface area contributed by atoms with Crippen LogP contribution in [0.2, 0.25) is 10.0 Å². The maximum Gasteiger partial charge on any atom is 0.416 e. The molecular weight excluding hydrogens is 698 g/mol. The molecular formula is C36H34Cl2F3N3O4S. The van der Waals surface area contributed by atoms with E-state index in [2.05, 4.69) is 5.32 Å². The lowest BCUT2D eigenvalue weighted by molar-refractivity contribution is -0.140. The summed E-state index contributed by atoms with van der Waals surface area (Å²) >= 11 is 12.7. The van der Waals surface area contributed by atoms with Gasteiger partial charge in [0.05, 0.1) is 21.2 Å². The summed E-state index contributed by atoms with van der Waals surface area (Å²) in [6.45, 7) is -1.11. The van der Waals surface area contributed by atoms with Gasteiger partial charge in [0.1, 0.15) is 12.6 Å². The van der Waals surface area contributed by atoms with E-state index in [-0.39, 0.29) is 28.9 Å². The summed E-state index contributed by atoms with van der Waals surface area (Å²) in [5.74, 6) is -1.27. The maximum atomic E-state index is 14.6. The zero-order chi connectivity index (χ0) is 35.2. The number of sulfonamides is 1. The number of hydrogen-bond donors (Lipinski definition) is 1. The summed E-state index contributed by atoms with van der Waals surface area (Å²) in [4.78, 5) is 29.7. The number of nitrogens with zero attached hydrogens (tertiary/aromatic N) is 2. The van der Waals surface area contributed by atoms with E-state index in [1.165, 1.54) is 29.2 Å². The van der Waals surface area contributed by atoms with Gasteiger partial charge in [-0.3, -0.25) is 13.9 Å². The van der Waals surface area contributed by atoms with Crippen LogP contribution >= 0.6 is 23.2 Å². The van der Waals surface area contributed by atoms with Crippen LogP contribution in [0.15, 0.2) is 108 Å². The molecule has 0 aliphatic heterocycles. The van der Waals surface area contributed by atoms with Gasteiger partial charge in [-0.15, -0.1) is 0 Å². The normalized spacial score (nSPS) is 14.3. The Balaban J connectivity index is 1.62. The van der Waals surface area contributed by atoms with Crippen LogP contribution in [0.3, 0.4) is 0 Å². The van der Waals surface area contributed by atoms with E-state index < -0.39 is 51.9 Å². The minimum Gasteiger partial charge on any atom is -0.352 e. The van der Waals surface area contributed by atoms with Crippen molar-refractivity contribution in [1.29, 1.82) is 0 Å². The SMILES string of the molecule is O=C(NC1CCCC1)[C@H](Cc1ccccc1)N(Cc1cccc(Cl)c1)C(=O)CN(c1cc(C(F)(F)F)ccc1Cl)S(=O)(=O)c1ccccc1. The summed E-state index contributed by atoms with van der Waals surface area (Å²) in [6.07, 6.45) is -1.29. The monoisotopic (exact) mass is 731 g/mol. The Morgan fingerprint density at radius 2 is 1.47 bits per heavy atom. The van der Waals surface area contributed by atoms with Gasteiger partial charge >= 0.3 is 6.18 Å². The zero-order valence-corrected chi connectivity index (χ0v) is 28.6. The number of benzene rings is 4. The third kappa shape index (κ3) is 9.14. The lowest BCUT2D eigenvalue weighted by atomic mass is 10.0. The number of halogens is 5. The minimum atomic E-state index is -4.83. The molecule has 0 aromatic heterocycles. The predicted octanol–water partition coefficient (Wildman–Crippen LogP) is 7.91. The van der Waals surface area contributed by atoms with Crippen molar-refractivity contribution in [2.75, 3.05) is 10.8 Å². The largest absolute Gasteiger partial charge is 0.416 e. The van der Waals surface area contributed by atoms with Crippen LogP contribution in [0, 0.1) is 0 Å². The van der Waals surface area contributed by atoms with E-state index >= 15 is 0 Å². The minimum absolute atomic E-state index is 0.0848. The molecule has 0 radical (unpaired) electrons. The standard InChI is InChI=1S/C36H34Cl2F3N3O4S/c37-28-13-9-12-26(20-28)23-43(33(21-25-10-3-1-4-11-25)35(46)42-29-14-7-8-15-29)34(45)24-44(49(47,48)30-16-5-2-6-17-30)32-22-27(36(39,40)41)18-19-31(32)38/h1-6,9-13,16-20,22,29,33H,7-8,14-15,21,23-24H2,(H,42,46)/t33-/m0/s1. The molecule has 1 aliphatic rings. The van der Waals surface area contributed by atoms with Crippen molar-refractivity contribution in [3.05, 3.63) is 130 Å². The fraction of sp³-hybridized carbons (Fsp3) is 0.278. The van der Waals surface area contributed by atoms with Crippen LogP contribution in [0.25, 0.3) is 0 Å². The number of anilines is 1. The van der Waals surface area contributed by atoms with Crippen molar-refractivity contribution in [2.24, 2.45) is 0 Å². The van der Waals surface area contributed by atoms with Gasteiger partial charge in [0.25, 0.3) is 10.0 Å². The lowest BCUT2D eigenvalue weighted by Gasteiger charge is -2.34. The molecule has 1 N–H and O–H groups in total. The molecule has 1 fully saturated rings. The molecule has 7 nitrogen and oxygen atoms in total. The van der Waals surface area contributed by atoms with Gasteiger partial charge in [0, 0.05) is 24.0 Å². The molecule has 4 aromatic rings. The third-order valence-corrected chi connectivity index (χ3v) is 10.7. The molecule has 49 heavy (non-hydrogen) atoms. The van der Waals surface area contributed by atoms with Gasteiger partial charge in [0.15, 0.2) is 0 Å². The Hall–Kier alpha value is -4.06. The number of nitrogens with one attached hydrogen (secondary N) is 1. The Labute approximate surface area is 293 Å². The van der Waals surface area contributed by atoms with Crippen molar-refractivity contribution >= 4 is 50.7 Å². The first-order valence-corrected chi connectivity index (χ1v) is 17.9. The molecule has 5 rings (SSSR count). The van der Waals surface area contributed by atoms with Gasteiger partial charge in [-0.2, -0.15) is 13.2 Å². The number of alkyl halides is 3. The molecule has 1 atom stereocenters. The Kier molecular flexibility index (Phi) is 11.6. The highest BCUT2D eigenvalue weighted by Crippen LogP contribution is 2.37. The van der Waals surface area contributed by atoms with Crippen molar-refractivity contribution < 1.29 is 31.2 Å². The fourth-order valence-electron chi connectivity index (χ4n) is 5.87. The maximum absolute atomic E-state index is 14.6. The first-order chi connectivity index (χ1) is 23.3. The molecule has 4 aromatic carbocycles. The Morgan fingerprint density at radius 1 is 0.837 bits per heavy atom. The molecule has 1 aliphatic carbocycles. The molecule has 0 unspecified atom stereocenters. The summed E-state index contributed by atoms with van der Waals surface area (Å²) in [6, 6.07) is 23.8. The van der Waals surface area contributed by atoms with E-state index in [0.29, 0.717) is 21.0 Å². The van der Waals surface area contributed by atoms with E-state index in [4.69, 9.17) is 23.2 Å². The lowest BCUT2D eigenvalue weighted by Crippen LogP contribution is -2.54. The number of rotatable bonds is 12. The highest BCUT2D eigenvalue weighted by atomic mass is 35.5. The average molecular weight is 733 g/mol. The molecule has 13 heteroatoms. The topological polar surface area (TPSA) is 86.8 Å². The van der Waals surface area contributed by atoms with Crippen molar-refractivity contribution in [3.8, 4) is 0 Å². The van der Waals surface area contributed by atoms with Crippen LogP contribution < -0.4 is 9.62 Å². The second kappa shape index (κ2) is 15.7. The highest BCUT2D eigenvalue weighted by molar-refractivity contribution is 7.92. The molecule has 1 saturated carbocycles. The highest BCUT2D eigenvalue weighted by Gasteiger charge is 2.38. The average Bonchev–Trinajstić information content (AvgIpc) is 3.59. The second-order valence-electron chi connectivity index (χ2n) is 11.8. The number of carbonyl (C=O) groups excluding carboxylic acids is 2. The Morgan fingerprint density at radius 3 is 2.10 bits per heavy atom. The first-order valence-electron chi connectivity index (χ1n) is 15.7. The summed E-state index contributed by atoms with van der Waals surface area (Å²) in [5, 5.41) is 3.13. The van der Waals surface area contributed by atoms with E-state index in [9.17, 15) is 31.2 Å². The molecule has 2 amide bonds. The van der Waals surface area contributed by atoms with Gasteiger partial charge in [0.2, 0.25) is 11.8 Å². The van der Waals surface area contributed by atoms with Crippen LogP contribution in [-0.2, 0) is 38.8 Å². The van der Waals surface area contributed by atoms with Gasteiger partial charge in [-0.1, -0.05) is 96.7 Å². The third-order valence-electron chi connectivity index (χ3n) is 8.37. The zero-order valence-electron chi connectivity index (χ0n) is 26.2. The van der Waals surface area contributed by atoms with Crippen molar-refractivity contribution in [3.63, 3.8) is 0 Å². The number of carbonyl (C=O) groups is 2. The molecule has 0 bridgehead atoms. The number of hydrogen-bond acceptors (Lipinski definition) is 4. The van der Waals surface area contributed by atoms with E-state index in [0.717, 1.165) is 43.4 Å². The predicted molar refractivity (Wildman–Crippen MR) is 184 cm³/mol. The van der Waals surface area contributed by atoms with Crippen LogP contribution in [-0.4, -0.2) is 43.8 Å².